The SMILES string of the molecule is Oc1cc2c(cc1O)[C@H]1c3ccncc3CN[C@@H]1CC2. The third-order valence-electron chi connectivity index (χ3n) is 4.53. The highest BCUT2D eigenvalue weighted by atomic mass is 16.3. The van der Waals surface area contributed by atoms with Gasteiger partial charge >= 0.3 is 0 Å². The summed E-state index contributed by atoms with van der Waals surface area (Å²) >= 11 is 0. The number of phenols is 2. The fourth-order valence-electron chi connectivity index (χ4n) is 3.57. The number of aromatic nitrogens is 1. The second-order valence-electron chi connectivity index (χ2n) is 5.62. The lowest BCUT2D eigenvalue weighted by Gasteiger charge is -2.39. The fraction of sp³-hybridized carbons (Fsp3) is 0.312. The number of aromatic hydroxyl groups is 2. The number of hydrogen-bond donors (Lipinski definition) is 3. The number of pyridine rings is 1. The van der Waals surface area contributed by atoms with E-state index in [1.807, 2.05) is 12.4 Å². The van der Waals surface area contributed by atoms with Crippen LogP contribution in [0.2, 0.25) is 0 Å². The Morgan fingerprint density at radius 2 is 1.95 bits per heavy atom. The third kappa shape index (κ3) is 1.61. The number of hydrogen-bond acceptors (Lipinski definition) is 4. The zero-order valence-electron chi connectivity index (χ0n) is 11.0. The van der Waals surface area contributed by atoms with Crippen molar-refractivity contribution >= 4 is 0 Å². The topological polar surface area (TPSA) is 65.4 Å². The van der Waals surface area contributed by atoms with Gasteiger partial charge in [0.2, 0.25) is 0 Å². The molecule has 0 bridgehead atoms. The molecule has 20 heavy (non-hydrogen) atoms. The largest absolute Gasteiger partial charge is 0.504 e. The minimum atomic E-state index is -0.0365. The van der Waals surface area contributed by atoms with Gasteiger partial charge in [0.15, 0.2) is 11.5 Å². The number of fused-ring (bicyclic) bond motifs is 5. The van der Waals surface area contributed by atoms with Gasteiger partial charge in [-0.1, -0.05) is 0 Å². The highest BCUT2D eigenvalue weighted by molar-refractivity contribution is 5.52. The Morgan fingerprint density at radius 1 is 1.10 bits per heavy atom. The van der Waals surface area contributed by atoms with Crippen LogP contribution in [0.25, 0.3) is 0 Å². The van der Waals surface area contributed by atoms with Gasteiger partial charge in [-0.3, -0.25) is 4.98 Å². The summed E-state index contributed by atoms with van der Waals surface area (Å²) in [5.74, 6) is 0.170. The number of phenolic OH excluding ortho intramolecular Hbond substituents is 2. The Morgan fingerprint density at radius 3 is 2.85 bits per heavy atom. The van der Waals surface area contributed by atoms with E-state index in [2.05, 4.69) is 16.4 Å². The summed E-state index contributed by atoms with van der Waals surface area (Å²) in [6, 6.07) is 5.89. The first-order chi connectivity index (χ1) is 9.74. The Kier molecular flexibility index (Phi) is 2.47. The van der Waals surface area contributed by atoms with E-state index < -0.39 is 0 Å². The van der Waals surface area contributed by atoms with Crippen LogP contribution in [0.1, 0.15) is 34.6 Å². The van der Waals surface area contributed by atoms with E-state index in [-0.39, 0.29) is 17.4 Å². The molecule has 2 heterocycles. The molecule has 0 fully saturated rings. The Hall–Kier alpha value is -2.07. The molecule has 0 saturated carbocycles. The van der Waals surface area contributed by atoms with Crippen molar-refractivity contribution in [2.24, 2.45) is 0 Å². The predicted molar refractivity (Wildman–Crippen MR) is 74.8 cm³/mol. The zero-order chi connectivity index (χ0) is 13.7. The second kappa shape index (κ2) is 4.21. The predicted octanol–water partition coefficient (Wildman–Crippen LogP) is 2.04. The first-order valence-corrected chi connectivity index (χ1v) is 6.95. The maximum Gasteiger partial charge on any atom is 0.157 e. The molecule has 4 heteroatoms. The molecule has 1 aromatic carbocycles. The van der Waals surface area contributed by atoms with Crippen molar-refractivity contribution in [3.05, 3.63) is 52.8 Å². The van der Waals surface area contributed by atoms with Gasteiger partial charge < -0.3 is 15.5 Å². The van der Waals surface area contributed by atoms with Crippen LogP contribution < -0.4 is 5.32 Å². The smallest absolute Gasteiger partial charge is 0.157 e. The van der Waals surface area contributed by atoms with Gasteiger partial charge in [-0.05, 0) is 53.3 Å². The van der Waals surface area contributed by atoms with Gasteiger partial charge in [0, 0.05) is 30.9 Å². The summed E-state index contributed by atoms with van der Waals surface area (Å²) in [6.45, 7) is 0.851. The summed E-state index contributed by atoms with van der Waals surface area (Å²) in [5, 5.41) is 23.1. The standard InChI is InChI=1S/C16H16N2O2/c19-14-5-9-1-2-13-16(12(9)6-15(14)20)11-3-4-17-7-10(11)8-18-13/h3-7,13,16,18-20H,1-2,8H2/t13-,16-/m1/s1. The van der Waals surface area contributed by atoms with Crippen LogP contribution in [0.4, 0.5) is 0 Å². The van der Waals surface area contributed by atoms with Gasteiger partial charge in [-0.2, -0.15) is 0 Å². The molecule has 1 aliphatic carbocycles. The van der Waals surface area contributed by atoms with Crippen LogP contribution in [0, 0.1) is 0 Å². The van der Waals surface area contributed by atoms with Crippen molar-refractivity contribution in [2.45, 2.75) is 31.3 Å². The minimum Gasteiger partial charge on any atom is -0.504 e. The van der Waals surface area contributed by atoms with E-state index in [9.17, 15) is 10.2 Å². The van der Waals surface area contributed by atoms with E-state index >= 15 is 0 Å². The number of rotatable bonds is 0. The van der Waals surface area contributed by atoms with Crippen LogP contribution in [0.5, 0.6) is 11.5 Å². The molecule has 102 valence electrons. The summed E-state index contributed by atoms with van der Waals surface area (Å²) in [5.41, 5.74) is 4.76. The first kappa shape index (κ1) is 11.7. The number of nitrogens with zero attached hydrogens (tertiary/aromatic N) is 1. The number of nitrogens with one attached hydrogen (secondary N) is 1. The average Bonchev–Trinajstić information content (AvgIpc) is 2.48. The molecule has 2 aromatic rings. The normalized spacial score (nSPS) is 23.6. The molecular weight excluding hydrogens is 252 g/mol. The molecule has 4 rings (SSSR count). The summed E-state index contributed by atoms with van der Waals surface area (Å²) in [7, 11) is 0. The molecule has 1 aliphatic heterocycles. The van der Waals surface area contributed by atoms with E-state index in [1.54, 1.807) is 12.1 Å². The summed E-state index contributed by atoms with van der Waals surface area (Å²) in [4.78, 5) is 4.19. The minimum absolute atomic E-state index is 0.0269. The van der Waals surface area contributed by atoms with Crippen LogP contribution in [0.3, 0.4) is 0 Å². The number of aryl methyl sites for hydroxylation is 1. The lowest BCUT2D eigenvalue weighted by Crippen LogP contribution is -2.42. The van der Waals surface area contributed by atoms with Gasteiger partial charge in [0.05, 0.1) is 0 Å². The van der Waals surface area contributed by atoms with Crippen LogP contribution >= 0.6 is 0 Å². The summed E-state index contributed by atoms with van der Waals surface area (Å²) < 4.78 is 0. The van der Waals surface area contributed by atoms with Gasteiger partial charge in [-0.15, -0.1) is 0 Å². The van der Waals surface area contributed by atoms with E-state index in [4.69, 9.17) is 0 Å². The fourth-order valence-corrected chi connectivity index (χ4v) is 3.57. The highest BCUT2D eigenvalue weighted by Gasteiger charge is 2.35. The first-order valence-electron chi connectivity index (χ1n) is 6.95. The Balaban J connectivity index is 1.92. The monoisotopic (exact) mass is 268 g/mol. The molecule has 0 spiro atoms. The Labute approximate surface area is 117 Å². The van der Waals surface area contributed by atoms with Crippen molar-refractivity contribution < 1.29 is 10.2 Å². The molecule has 2 atom stereocenters. The lowest BCUT2D eigenvalue weighted by atomic mass is 9.73. The molecule has 0 amide bonds. The third-order valence-corrected chi connectivity index (χ3v) is 4.53. The van der Waals surface area contributed by atoms with E-state index in [0.29, 0.717) is 6.04 Å². The van der Waals surface area contributed by atoms with Gasteiger partial charge in [-0.25, -0.2) is 0 Å². The molecule has 0 unspecified atom stereocenters. The van der Waals surface area contributed by atoms with Crippen LogP contribution in [0.15, 0.2) is 30.6 Å². The van der Waals surface area contributed by atoms with Crippen molar-refractivity contribution in [3.8, 4) is 11.5 Å². The number of benzene rings is 1. The second-order valence-corrected chi connectivity index (χ2v) is 5.62. The molecule has 3 N–H and O–H groups in total. The molecule has 4 nitrogen and oxygen atoms in total. The van der Waals surface area contributed by atoms with Crippen LogP contribution in [-0.2, 0) is 13.0 Å². The lowest BCUT2D eigenvalue weighted by molar-refractivity contribution is 0.379. The van der Waals surface area contributed by atoms with E-state index in [1.165, 1.54) is 11.1 Å². The summed E-state index contributed by atoms with van der Waals surface area (Å²) in [6.07, 6.45) is 5.71. The van der Waals surface area contributed by atoms with Crippen molar-refractivity contribution in [1.29, 1.82) is 0 Å². The Bertz CT molecular complexity index is 684. The zero-order valence-corrected chi connectivity index (χ0v) is 11.0. The van der Waals surface area contributed by atoms with Crippen molar-refractivity contribution in [3.63, 3.8) is 0 Å². The van der Waals surface area contributed by atoms with Crippen molar-refractivity contribution in [1.82, 2.24) is 10.3 Å². The van der Waals surface area contributed by atoms with Crippen LogP contribution in [-0.4, -0.2) is 21.2 Å². The van der Waals surface area contributed by atoms with Gasteiger partial charge in [0.25, 0.3) is 0 Å². The molecule has 0 radical (unpaired) electrons. The molecular formula is C16H16N2O2. The quantitative estimate of drug-likeness (QED) is 0.640. The molecule has 0 saturated heterocycles. The van der Waals surface area contributed by atoms with Crippen molar-refractivity contribution in [2.75, 3.05) is 0 Å². The highest BCUT2D eigenvalue weighted by Crippen LogP contribution is 2.43. The molecule has 1 aromatic heterocycles. The van der Waals surface area contributed by atoms with Gasteiger partial charge in [0.1, 0.15) is 0 Å². The van der Waals surface area contributed by atoms with E-state index in [0.717, 1.165) is 30.5 Å². The average molecular weight is 268 g/mol. The maximum absolute atomic E-state index is 9.83. The maximum atomic E-state index is 9.83. The molecule has 2 aliphatic rings.